The number of nitriles is 1. The molecule has 18 heavy (non-hydrogen) atoms. The summed E-state index contributed by atoms with van der Waals surface area (Å²) in [6.07, 6.45) is 2.15. The van der Waals surface area contributed by atoms with Crippen LogP contribution < -0.4 is 5.73 Å². The Bertz CT molecular complexity index is 404. The monoisotopic (exact) mass is 251 g/mol. The largest absolute Gasteiger partial charge is 0.469 e. The Morgan fingerprint density at radius 3 is 2.89 bits per heavy atom. The highest BCUT2D eigenvalue weighted by atomic mass is 16.5. The van der Waals surface area contributed by atoms with E-state index in [0.717, 1.165) is 6.42 Å². The predicted molar refractivity (Wildman–Crippen MR) is 61.9 cm³/mol. The summed E-state index contributed by atoms with van der Waals surface area (Å²) in [4.78, 5) is 25.0. The maximum Gasteiger partial charge on any atom is 0.309 e. The molecule has 0 bridgehead atoms. The van der Waals surface area contributed by atoms with Gasteiger partial charge in [-0.3, -0.25) is 9.59 Å². The van der Waals surface area contributed by atoms with Crippen LogP contribution in [0.4, 0.5) is 0 Å². The van der Waals surface area contributed by atoms with E-state index in [2.05, 4.69) is 10.8 Å². The average molecular weight is 251 g/mol. The van der Waals surface area contributed by atoms with Crippen molar-refractivity contribution in [3.05, 3.63) is 0 Å². The van der Waals surface area contributed by atoms with Gasteiger partial charge in [0.2, 0.25) is 5.91 Å². The molecule has 0 spiro atoms. The molecule has 0 radical (unpaired) electrons. The zero-order chi connectivity index (χ0) is 13.3. The molecular formula is C12H17N3O3. The Hall–Kier alpha value is -1.61. The van der Waals surface area contributed by atoms with Gasteiger partial charge in [-0.1, -0.05) is 0 Å². The van der Waals surface area contributed by atoms with Gasteiger partial charge in [0.15, 0.2) is 0 Å². The van der Waals surface area contributed by atoms with Gasteiger partial charge in [-0.25, -0.2) is 0 Å². The molecule has 1 aliphatic heterocycles. The van der Waals surface area contributed by atoms with Gasteiger partial charge in [0.1, 0.15) is 6.04 Å². The van der Waals surface area contributed by atoms with Crippen LogP contribution in [0.25, 0.3) is 0 Å². The molecule has 1 heterocycles. The van der Waals surface area contributed by atoms with E-state index in [-0.39, 0.29) is 29.8 Å². The molecule has 2 fully saturated rings. The summed E-state index contributed by atoms with van der Waals surface area (Å²) in [5, 5.41) is 8.94. The maximum absolute atomic E-state index is 12.2. The molecule has 0 aromatic carbocycles. The molecule has 2 rings (SSSR count). The first-order valence-corrected chi connectivity index (χ1v) is 6.13. The van der Waals surface area contributed by atoms with Gasteiger partial charge in [-0.2, -0.15) is 5.26 Å². The van der Waals surface area contributed by atoms with E-state index >= 15 is 0 Å². The van der Waals surface area contributed by atoms with Gasteiger partial charge in [0.05, 0.1) is 25.1 Å². The van der Waals surface area contributed by atoms with Crippen molar-refractivity contribution in [2.24, 2.45) is 17.6 Å². The first kappa shape index (κ1) is 12.8. The summed E-state index contributed by atoms with van der Waals surface area (Å²) < 4.78 is 4.63. The van der Waals surface area contributed by atoms with Crippen LogP contribution in [0.5, 0.6) is 0 Å². The Labute approximate surface area is 106 Å². The molecule has 1 amide bonds. The third-order valence-corrected chi connectivity index (χ3v) is 3.78. The minimum atomic E-state index is -0.692. The summed E-state index contributed by atoms with van der Waals surface area (Å²) in [7, 11) is 1.33. The summed E-state index contributed by atoms with van der Waals surface area (Å²) in [6.45, 7) is 0.584. The number of carbonyl (C=O) groups excluding carboxylic acids is 2. The van der Waals surface area contributed by atoms with E-state index in [1.165, 1.54) is 12.0 Å². The summed E-state index contributed by atoms with van der Waals surface area (Å²) in [5.74, 6) is -0.904. The number of hydrogen-bond donors (Lipinski definition) is 1. The highest BCUT2D eigenvalue weighted by Crippen LogP contribution is 2.42. The van der Waals surface area contributed by atoms with Gasteiger partial charge in [-0.05, 0) is 25.2 Å². The summed E-state index contributed by atoms with van der Waals surface area (Å²) >= 11 is 0. The fourth-order valence-electron chi connectivity index (χ4n) is 2.57. The van der Waals surface area contributed by atoms with Crippen LogP contribution in [0.3, 0.4) is 0 Å². The lowest BCUT2D eigenvalue weighted by Gasteiger charge is -2.23. The number of nitrogens with two attached hydrogens (primary N) is 1. The van der Waals surface area contributed by atoms with Crippen molar-refractivity contribution in [1.82, 2.24) is 4.90 Å². The van der Waals surface area contributed by atoms with Crippen LogP contribution >= 0.6 is 0 Å². The first-order valence-electron chi connectivity index (χ1n) is 6.13. The van der Waals surface area contributed by atoms with E-state index in [1.54, 1.807) is 0 Å². The molecule has 6 nitrogen and oxygen atoms in total. The fourth-order valence-corrected chi connectivity index (χ4v) is 2.57. The number of rotatable bonds is 3. The van der Waals surface area contributed by atoms with Crippen molar-refractivity contribution in [2.45, 2.75) is 31.3 Å². The lowest BCUT2D eigenvalue weighted by atomic mass is 10.1. The molecule has 2 N–H and O–H groups in total. The average Bonchev–Trinajstić information content (AvgIpc) is 3.05. The molecule has 0 aromatic heterocycles. The number of esters is 1. The number of likely N-dealkylation sites (tertiary alicyclic amines) is 1. The molecule has 1 aliphatic carbocycles. The van der Waals surface area contributed by atoms with E-state index in [4.69, 9.17) is 11.0 Å². The van der Waals surface area contributed by atoms with Gasteiger partial charge < -0.3 is 15.4 Å². The number of nitrogens with zero attached hydrogens (tertiary/aromatic N) is 2. The third kappa shape index (κ3) is 2.18. The topological polar surface area (TPSA) is 96.4 Å². The van der Waals surface area contributed by atoms with Crippen molar-refractivity contribution in [3.63, 3.8) is 0 Å². The molecule has 4 atom stereocenters. The van der Waals surface area contributed by atoms with Crippen molar-refractivity contribution >= 4 is 11.9 Å². The number of ether oxygens (including phenoxy) is 1. The second-order valence-electron chi connectivity index (χ2n) is 4.87. The zero-order valence-electron chi connectivity index (χ0n) is 10.3. The Balaban J connectivity index is 1.95. The quantitative estimate of drug-likeness (QED) is 0.691. The molecular weight excluding hydrogens is 234 g/mol. The second-order valence-corrected chi connectivity index (χ2v) is 4.87. The van der Waals surface area contributed by atoms with Crippen molar-refractivity contribution in [1.29, 1.82) is 5.26 Å². The predicted octanol–water partition coefficient (Wildman–Crippen LogP) is -0.363. The third-order valence-electron chi connectivity index (χ3n) is 3.78. The standard InChI is InChI=1S/C12H17N3O3/c1-18-12(17)9-5-8(9)10(14)11(16)15-4-2-3-7(15)6-13/h7-10H,2-5,14H2,1H3/t7-,8-,9-,10-/m0/s1. The van der Waals surface area contributed by atoms with Crippen LogP contribution in [0.1, 0.15) is 19.3 Å². The van der Waals surface area contributed by atoms with Crippen LogP contribution in [-0.4, -0.2) is 42.5 Å². The highest BCUT2D eigenvalue weighted by molar-refractivity contribution is 5.85. The Morgan fingerprint density at radius 1 is 1.56 bits per heavy atom. The highest BCUT2D eigenvalue weighted by Gasteiger charge is 2.51. The van der Waals surface area contributed by atoms with E-state index < -0.39 is 6.04 Å². The Morgan fingerprint density at radius 2 is 2.28 bits per heavy atom. The normalized spacial score (nSPS) is 31.6. The minimum absolute atomic E-state index is 0.134. The zero-order valence-corrected chi connectivity index (χ0v) is 10.3. The second kappa shape index (κ2) is 4.94. The van der Waals surface area contributed by atoms with Crippen molar-refractivity contribution < 1.29 is 14.3 Å². The van der Waals surface area contributed by atoms with Gasteiger partial charge in [0, 0.05) is 6.54 Å². The number of carbonyl (C=O) groups is 2. The molecule has 0 unspecified atom stereocenters. The molecule has 1 saturated carbocycles. The molecule has 1 saturated heterocycles. The number of hydrogen-bond acceptors (Lipinski definition) is 5. The molecule has 98 valence electrons. The molecule has 0 aromatic rings. The lowest BCUT2D eigenvalue weighted by molar-refractivity contribution is -0.142. The van der Waals surface area contributed by atoms with E-state index in [9.17, 15) is 9.59 Å². The Kier molecular flexibility index (Phi) is 3.53. The first-order chi connectivity index (χ1) is 8.60. The SMILES string of the molecule is COC(=O)[C@H]1C[C@@H]1[C@H](N)C(=O)N1CCC[C@H]1C#N. The van der Waals surface area contributed by atoms with Gasteiger partial charge in [-0.15, -0.1) is 0 Å². The minimum Gasteiger partial charge on any atom is -0.469 e. The summed E-state index contributed by atoms with van der Waals surface area (Å²) in [5.41, 5.74) is 5.89. The van der Waals surface area contributed by atoms with Crippen molar-refractivity contribution in [2.75, 3.05) is 13.7 Å². The smallest absolute Gasteiger partial charge is 0.309 e. The number of methoxy groups -OCH3 is 1. The van der Waals surface area contributed by atoms with E-state index in [0.29, 0.717) is 19.4 Å². The van der Waals surface area contributed by atoms with E-state index in [1.807, 2.05) is 0 Å². The van der Waals surface area contributed by atoms with Gasteiger partial charge in [0.25, 0.3) is 0 Å². The van der Waals surface area contributed by atoms with Crippen LogP contribution in [0.15, 0.2) is 0 Å². The maximum atomic E-state index is 12.2. The van der Waals surface area contributed by atoms with Gasteiger partial charge >= 0.3 is 5.97 Å². The number of amides is 1. The van der Waals surface area contributed by atoms with Crippen LogP contribution in [0, 0.1) is 23.2 Å². The van der Waals surface area contributed by atoms with Crippen LogP contribution in [0.2, 0.25) is 0 Å². The van der Waals surface area contributed by atoms with Crippen LogP contribution in [-0.2, 0) is 14.3 Å². The fraction of sp³-hybridized carbons (Fsp3) is 0.750. The molecule has 6 heteroatoms. The summed E-state index contributed by atoms with van der Waals surface area (Å²) in [6, 6.07) is 1.06. The van der Waals surface area contributed by atoms with Crippen molar-refractivity contribution in [3.8, 4) is 6.07 Å². The molecule has 2 aliphatic rings. The lowest BCUT2D eigenvalue weighted by Crippen LogP contribution is -2.47.